The molecule has 3 N–H and O–H groups in total. The molecule has 20 heavy (non-hydrogen) atoms. The Kier molecular flexibility index (Phi) is 7.09. The van der Waals surface area contributed by atoms with Crippen molar-refractivity contribution in [3.05, 3.63) is 29.8 Å². The predicted octanol–water partition coefficient (Wildman–Crippen LogP) is 2.46. The minimum absolute atomic E-state index is 0.0920. The first-order valence-corrected chi connectivity index (χ1v) is 7.33. The zero-order valence-electron chi connectivity index (χ0n) is 12.7. The molecule has 0 saturated carbocycles. The number of nitrogens with one attached hydrogen (secondary N) is 1. The van der Waals surface area contributed by atoms with Crippen molar-refractivity contribution >= 4 is 5.91 Å². The lowest BCUT2D eigenvalue weighted by Gasteiger charge is -2.17. The van der Waals surface area contributed by atoms with E-state index in [9.17, 15) is 4.79 Å². The number of benzene rings is 1. The van der Waals surface area contributed by atoms with Gasteiger partial charge in [-0.2, -0.15) is 0 Å². The second kappa shape index (κ2) is 8.59. The Morgan fingerprint density at radius 1 is 1.30 bits per heavy atom. The van der Waals surface area contributed by atoms with Crippen LogP contribution in [0.5, 0.6) is 5.75 Å². The Hall–Kier alpha value is -1.55. The summed E-state index contributed by atoms with van der Waals surface area (Å²) in [6.45, 7) is 7.32. The van der Waals surface area contributed by atoms with Crippen molar-refractivity contribution < 1.29 is 9.53 Å². The number of ether oxygens (including phenoxy) is 1. The highest BCUT2D eigenvalue weighted by Crippen LogP contribution is 2.12. The molecule has 0 aliphatic carbocycles. The Labute approximate surface area is 121 Å². The van der Waals surface area contributed by atoms with Crippen LogP contribution in [-0.2, 0) is 11.3 Å². The van der Waals surface area contributed by atoms with Crippen LogP contribution in [0.4, 0.5) is 0 Å². The van der Waals surface area contributed by atoms with E-state index in [0.29, 0.717) is 6.54 Å². The van der Waals surface area contributed by atoms with Gasteiger partial charge in [0.25, 0.3) is 0 Å². The summed E-state index contributed by atoms with van der Waals surface area (Å²) in [4.78, 5) is 11.9. The van der Waals surface area contributed by atoms with E-state index < -0.39 is 6.04 Å². The zero-order chi connectivity index (χ0) is 15.0. The van der Waals surface area contributed by atoms with Gasteiger partial charge < -0.3 is 15.8 Å². The van der Waals surface area contributed by atoms with E-state index in [4.69, 9.17) is 10.5 Å². The molecule has 4 heteroatoms. The van der Waals surface area contributed by atoms with E-state index in [0.717, 1.165) is 30.8 Å². The summed E-state index contributed by atoms with van der Waals surface area (Å²) in [5, 5.41) is 2.87. The fourth-order valence-electron chi connectivity index (χ4n) is 1.74. The summed E-state index contributed by atoms with van der Waals surface area (Å²) < 4.78 is 5.51. The van der Waals surface area contributed by atoms with Crippen LogP contribution < -0.4 is 15.8 Å². The number of carbonyl (C=O) groups excluding carboxylic acids is 1. The van der Waals surface area contributed by atoms with Gasteiger partial charge in [0.1, 0.15) is 5.75 Å². The average Bonchev–Trinajstić information content (AvgIpc) is 2.49. The van der Waals surface area contributed by atoms with Crippen LogP contribution in [0, 0.1) is 5.92 Å². The fourth-order valence-corrected chi connectivity index (χ4v) is 1.74. The van der Waals surface area contributed by atoms with Crippen molar-refractivity contribution in [3.8, 4) is 5.75 Å². The first kappa shape index (κ1) is 16.5. The number of hydrogen-bond acceptors (Lipinski definition) is 3. The number of amides is 1. The molecular formula is C16H26N2O2. The van der Waals surface area contributed by atoms with Gasteiger partial charge >= 0.3 is 0 Å². The Morgan fingerprint density at radius 3 is 2.50 bits per heavy atom. The standard InChI is InChI=1S/C16H26N2O2/c1-4-10-20-14-8-6-13(7-9-14)11-18-16(19)15(17)12(3)5-2/h6-9,12,15H,4-5,10-11,17H2,1-3H3,(H,18,19). The summed E-state index contributed by atoms with van der Waals surface area (Å²) in [7, 11) is 0. The molecule has 0 saturated heterocycles. The highest BCUT2D eigenvalue weighted by Gasteiger charge is 2.18. The molecule has 0 spiro atoms. The van der Waals surface area contributed by atoms with Crippen molar-refractivity contribution in [1.82, 2.24) is 5.32 Å². The zero-order valence-corrected chi connectivity index (χ0v) is 12.7. The maximum Gasteiger partial charge on any atom is 0.237 e. The van der Waals surface area contributed by atoms with Crippen LogP contribution in [0.2, 0.25) is 0 Å². The minimum atomic E-state index is -0.438. The largest absolute Gasteiger partial charge is 0.494 e. The molecule has 0 heterocycles. The van der Waals surface area contributed by atoms with Gasteiger partial charge in [0.05, 0.1) is 12.6 Å². The molecule has 0 aliphatic heterocycles. The molecule has 1 aromatic carbocycles. The van der Waals surface area contributed by atoms with Gasteiger partial charge in [-0.15, -0.1) is 0 Å². The number of nitrogens with two attached hydrogens (primary N) is 1. The van der Waals surface area contributed by atoms with Crippen molar-refractivity contribution in [2.45, 2.75) is 46.2 Å². The fraction of sp³-hybridized carbons (Fsp3) is 0.562. The monoisotopic (exact) mass is 278 g/mol. The maximum atomic E-state index is 11.9. The summed E-state index contributed by atoms with van der Waals surface area (Å²) in [6.07, 6.45) is 1.89. The SMILES string of the molecule is CCCOc1ccc(CNC(=O)C(N)C(C)CC)cc1. The molecule has 0 bridgehead atoms. The van der Waals surface area contributed by atoms with Gasteiger partial charge in [0.15, 0.2) is 0 Å². The second-order valence-electron chi connectivity index (χ2n) is 5.12. The summed E-state index contributed by atoms with van der Waals surface area (Å²) in [5.74, 6) is 0.962. The van der Waals surface area contributed by atoms with E-state index in [1.54, 1.807) is 0 Å². The topological polar surface area (TPSA) is 64.3 Å². The van der Waals surface area contributed by atoms with Crippen LogP contribution in [-0.4, -0.2) is 18.6 Å². The molecule has 0 aromatic heterocycles. The molecule has 1 amide bonds. The van der Waals surface area contributed by atoms with Crippen molar-refractivity contribution in [2.75, 3.05) is 6.61 Å². The molecule has 2 atom stereocenters. The number of rotatable bonds is 8. The van der Waals surface area contributed by atoms with Gasteiger partial charge in [-0.25, -0.2) is 0 Å². The number of carbonyl (C=O) groups is 1. The first-order chi connectivity index (χ1) is 9.58. The quantitative estimate of drug-likeness (QED) is 0.767. The van der Waals surface area contributed by atoms with Crippen LogP contribution >= 0.6 is 0 Å². The van der Waals surface area contributed by atoms with Gasteiger partial charge in [0.2, 0.25) is 5.91 Å². The lowest BCUT2D eigenvalue weighted by atomic mass is 9.99. The molecule has 112 valence electrons. The van der Waals surface area contributed by atoms with Crippen LogP contribution in [0.1, 0.15) is 39.2 Å². The van der Waals surface area contributed by atoms with Crippen molar-refractivity contribution in [3.63, 3.8) is 0 Å². The van der Waals surface area contributed by atoms with Crippen molar-refractivity contribution in [2.24, 2.45) is 11.7 Å². The second-order valence-corrected chi connectivity index (χ2v) is 5.12. The molecule has 1 aromatic rings. The summed E-state index contributed by atoms with van der Waals surface area (Å²) in [5.41, 5.74) is 6.92. The lowest BCUT2D eigenvalue weighted by Crippen LogP contribution is -2.44. The lowest BCUT2D eigenvalue weighted by molar-refractivity contribution is -0.123. The molecular weight excluding hydrogens is 252 g/mol. The molecule has 0 fully saturated rings. The van der Waals surface area contributed by atoms with E-state index in [-0.39, 0.29) is 11.8 Å². The van der Waals surface area contributed by atoms with E-state index >= 15 is 0 Å². The van der Waals surface area contributed by atoms with Gasteiger partial charge in [0, 0.05) is 6.54 Å². The van der Waals surface area contributed by atoms with Crippen molar-refractivity contribution in [1.29, 1.82) is 0 Å². The average molecular weight is 278 g/mol. The third-order valence-corrected chi connectivity index (χ3v) is 3.42. The minimum Gasteiger partial charge on any atom is -0.494 e. The van der Waals surface area contributed by atoms with E-state index in [1.807, 2.05) is 38.1 Å². The highest BCUT2D eigenvalue weighted by molar-refractivity contribution is 5.81. The van der Waals surface area contributed by atoms with E-state index in [2.05, 4.69) is 12.2 Å². The third-order valence-electron chi connectivity index (χ3n) is 3.42. The highest BCUT2D eigenvalue weighted by atomic mass is 16.5. The van der Waals surface area contributed by atoms with Crippen LogP contribution in [0.3, 0.4) is 0 Å². The van der Waals surface area contributed by atoms with Crippen LogP contribution in [0.25, 0.3) is 0 Å². The molecule has 0 aliphatic rings. The Balaban J connectivity index is 2.43. The molecule has 0 radical (unpaired) electrons. The Morgan fingerprint density at radius 2 is 1.95 bits per heavy atom. The molecule has 2 unspecified atom stereocenters. The molecule has 1 rings (SSSR count). The normalized spacial score (nSPS) is 13.6. The first-order valence-electron chi connectivity index (χ1n) is 7.33. The molecule has 4 nitrogen and oxygen atoms in total. The van der Waals surface area contributed by atoms with Gasteiger partial charge in [-0.1, -0.05) is 39.3 Å². The van der Waals surface area contributed by atoms with Crippen LogP contribution in [0.15, 0.2) is 24.3 Å². The van der Waals surface area contributed by atoms with E-state index in [1.165, 1.54) is 0 Å². The third kappa shape index (κ3) is 5.21. The van der Waals surface area contributed by atoms with Gasteiger partial charge in [-0.3, -0.25) is 4.79 Å². The maximum absolute atomic E-state index is 11.9. The number of hydrogen-bond donors (Lipinski definition) is 2. The summed E-state index contributed by atoms with van der Waals surface area (Å²) in [6, 6.07) is 7.32. The predicted molar refractivity (Wildman–Crippen MR) is 81.5 cm³/mol. The summed E-state index contributed by atoms with van der Waals surface area (Å²) >= 11 is 0. The smallest absolute Gasteiger partial charge is 0.237 e. The van der Waals surface area contributed by atoms with Gasteiger partial charge in [-0.05, 0) is 30.0 Å². The Bertz CT molecular complexity index is 403.